The number of benzene rings is 2. The second-order valence-corrected chi connectivity index (χ2v) is 11.0. The molecule has 3 aromatic rings. The largest absolute Gasteiger partial charge is 0.443 e. The number of hydrogen-bond acceptors (Lipinski definition) is 6. The zero-order valence-electron chi connectivity index (χ0n) is 23.2. The Morgan fingerprint density at radius 1 is 0.976 bits per heavy atom. The van der Waals surface area contributed by atoms with E-state index in [1.54, 1.807) is 33.8 Å². The number of carbonyl (C=O) groups is 2. The molecule has 0 unspecified atom stereocenters. The molecule has 0 atom stereocenters. The number of hydrogen-bond donors (Lipinski definition) is 2. The van der Waals surface area contributed by atoms with Crippen LogP contribution in [0.1, 0.15) is 56.2 Å². The van der Waals surface area contributed by atoms with Crippen molar-refractivity contribution in [1.29, 1.82) is 0 Å². The Kier molecular flexibility index (Phi) is 10.1. The molecule has 0 saturated heterocycles. The van der Waals surface area contributed by atoms with Crippen LogP contribution in [0.15, 0.2) is 12.1 Å². The number of aryl methyl sites for hydroxylation is 1. The average Bonchev–Trinajstić information content (AvgIpc) is 3.48. The highest BCUT2D eigenvalue weighted by Gasteiger charge is 2.32. The van der Waals surface area contributed by atoms with Crippen LogP contribution in [0.2, 0.25) is 0 Å². The van der Waals surface area contributed by atoms with Crippen LogP contribution in [0.4, 0.5) is 32.4 Å². The highest BCUT2D eigenvalue weighted by molar-refractivity contribution is 7.85. The number of H-pyrrole nitrogens is 1. The molecule has 1 aliphatic rings. The maximum atomic E-state index is 13.9. The monoisotopic (exact) mass is 608 g/mol. The number of nitrogens with zero attached hydrogens (tertiary/aromatic N) is 1. The van der Waals surface area contributed by atoms with E-state index < -0.39 is 62.6 Å². The molecule has 0 aliphatic carbocycles. The van der Waals surface area contributed by atoms with Crippen molar-refractivity contribution in [3.05, 3.63) is 58.0 Å². The molecule has 1 amide bonds. The first kappa shape index (κ1) is 33.5. The molecule has 0 fully saturated rings. The van der Waals surface area contributed by atoms with E-state index in [4.69, 9.17) is 9.29 Å². The van der Waals surface area contributed by atoms with Crippen molar-refractivity contribution in [3.63, 3.8) is 0 Å². The van der Waals surface area contributed by atoms with Gasteiger partial charge in [-0.3, -0.25) is 9.45 Å². The SMILES string of the molecule is CC.CS(=O)(=O)O.Cc1cc2c(c3cc(C(=O)Oc4c(F)c(F)c(F)c(F)c4F)[nH]c13)CCN2C(=O)OC(C)(C)C. The number of ether oxygens (including phenoxy) is 2. The molecule has 0 bridgehead atoms. The maximum Gasteiger partial charge on any atom is 0.414 e. The van der Waals surface area contributed by atoms with Gasteiger partial charge in [-0.1, -0.05) is 13.8 Å². The summed E-state index contributed by atoms with van der Waals surface area (Å²) >= 11 is 0. The van der Waals surface area contributed by atoms with E-state index in [2.05, 4.69) is 9.72 Å². The molecule has 9 nitrogen and oxygen atoms in total. The van der Waals surface area contributed by atoms with Gasteiger partial charge in [0.15, 0.2) is 0 Å². The van der Waals surface area contributed by atoms with E-state index in [1.165, 1.54) is 11.0 Å². The molecular weight excluding hydrogens is 579 g/mol. The third-order valence-electron chi connectivity index (χ3n) is 5.27. The van der Waals surface area contributed by atoms with Gasteiger partial charge in [0.05, 0.1) is 11.9 Å². The number of carbonyl (C=O) groups excluding carboxylic acids is 2. The lowest BCUT2D eigenvalue weighted by atomic mass is 10.0. The molecular formula is C26H29F5N2O7S. The predicted molar refractivity (Wildman–Crippen MR) is 140 cm³/mol. The lowest BCUT2D eigenvalue weighted by Crippen LogP contribution is -2.35. The number of esters is 1. The number of nitrogens with one attached hydrogen (secondary N) is 1. The van der Waals surface area contributed by atoms with E-state index in [9.17, 15) is 40.0 Å². The summed E-state index contributed by atoms with van der Waals surface area (Å²) in [6, 6.07) is 3.07. The van der Waals surface area contributed by atoms with Crippen LogP contribution in [0.25, 0.3) is 10.9 Å². The van der Waals surface area contributed by atoms with Crippen molar-refractivity contribution in [2.24, 2.45) is 0 Å². The third-order valence-corrected chi connectivity index (χ3v) is 5.27. The Balaban J connectivity index is 0.000000759. The summed E-state index contributed by atoms with van der Waals surface area (Å²) in [5.41, 5.74) is 1.46. The van der Waals surface area contributed by atoms with Crippen LogP contribution in [-0.4, -0.2) is 48.4 Å². The number of anilines is 1. The zero-order chi connectivity index (χ0) is 31.6. The molecule has 4 rings (SSSR count). The van der Waals surface area contributed by atoms with Gasteiger partial charge in [0, 0.05) is 17.4 Å². The first-order valence-electron chi connectivity index (χ1n) is 12.1. The number of halogens is 5. The van der Waals surface area contributed by atoms with Gasteiger partial charge in [0.25, 0.3) is 10.1 Å². The molecule has 15 heteroatoms. The van der Waals surface area contributed by atoms with Crippen LogP contribution in [0.3, 0.4) is 0 Å². The summed E-state index contributed by atoms with van der Waals surface area (Å²) in [7, 11) is -3.67. The molecule has 0 radical (unpaired) electrons. The normalized spacial score (nSPS) is 12.7. The molecule has 41 heavy (non-hydrogen) atoms. The van der Waals surface area contributed by atoms with Crippen LogP contribution >= 0.6 is 0 Å². The molecule has 1 aromatic heterocycles. The highest BCUT2D eigenvalue weighted by Crippen LogP contribution is 2.38. The van der Waals surface area contributed by atoms with Gasteiger partial charge in [-0.2, -0.15) is 17.2 Å². The number of aromatic nitrogens is 1. The molecule has 2 heterocycles. The van der Waals surface area contributed by atoms with Gasteiger partial charge in [0.2, 0.25) is 34.8 Å². The summed E-state index contributed by atoms with van der Waals surface area (Å²) in [4.78, 5) is 29.3. The van der Waals surface area contributed by atoms with E-state index in [1.807, 2.05) is 13.8 Å². The summed E-state index contributed by atoms with van der Waals surface area (Å²) in [6.45, 7) is 11.3. The van der Waals surface area contributed by atoms with E-state index in [0.29, 0.717) is 41.4 Å². The topological polar surface area (TPSA) is 126 Å². The fourth-order valence-electron chi connectivity index (χ4n) is 3.79. The smallest absolute Gasteiger partial charge is 0.414 e. The third kappa shape index (κ3) is 7.73. The lowest BCUT2D eigenvalue weighted by molar-refractivity contribution is 0.0583. The van der Waals surface area contributed by atoms with E-state index in [-0.39, 0.29) is 5.69 Å². The van der Waals surface area contributed by atoms with Crippen LogP contribution < -0.4 is 9.64 Å². The second kappa shape index (κ2) is 12.4. The van der Waals surface area contributed by atoms with Crippen molar-refractivity contribution in [2.45, 2.75) is 53.6 Å². The standard InChI is InChI=1S/C23H19F5N2O4.C2H6.CH4O3S/c1-9-7-13-10(5-6-30(13)22(32)34-23(2,3)4)11-8-12(29-19(9)11)21(31)33-20-17(27)15(25)14(24)16(26)18(20)28;1-2;1-5(2,3)4/h7-8,29H,5-6H2,1-4H3;1-2H3;1H3,(H,2,3,4). The molecule has 226 valence electrons. The Morgan fingerprint density at radius 3 is 1.95 bits per heavy atom. The Hall–Kier alpha value is -3.72. The Bertz CT molecular complexity index is 1560. The first-order chi connectivity index (χ1) is 18.8. The van der Waals surface area contributed by atoms with Crippen molar-refractivity contribution < 1.29 is 54.0 Å². The summed E-state index contributed by atoms with van der Waals surface area (Å²) in [5, 5.41) is 0.547. The Morgan fingerprint density at radius 2 is 1.46 bits per heavy atom. The van der Waals surface area contributed by atoms with Crippen LogP contribution in [-0.2, 0) is 21.3 Å². The van der Waals surface area contributed by atoms with Crippen molar-refractivity contribution in [2.75, 3.05) is 17.7 Å². The van der Waals surface area contributed by atoms with Crippen molar-refractivity contribution >= 4 is 38.8 Å². The summed E-state index contributed by atoms with van der Waals surface area (Å²) in [6.07, 6.45) is 0.619. The minimum absolute atomic E-state index is 0.272. The highest BCUT2D eigenvalue weighted by atomic mass is 32.2. The molecule has 0 saturated carbocycles. The van der Waals surface area contributed by atoms with Crippen molar-refractivity contribution in [1.82, 2.24) is 4.98 Å². The first-order valence-corrected chi connectivity index (χ1v) is 14.0. The quantitative estimate of drug-likeness (QED) is 0.0884. The van der Waals surface area contributed by atoms with Gasteiger partial charge in [0.1, 0.15) is 11.3 Å². The number of amides is 1. The van der Waals surface area contributed by atoms with E-state index in [0.717, 1.165) is 5.56 Å². The van der Waals surface area contributed by atoms with Gasteiger partial charge in [-0.15, -0.1) is 0 Å². The van der Waals surface area contributed by atoms with Crippen molar-refractivity contribution in [3.8, 4) is 5.75 Å². The minimum Gasteiger partial charge on any atom is -0.443 e. The number of fused-ring (bicyclic) bond motifs is 3. The van der Waals surface area contributed by atoms with Gasteiger partial charge >= 0.3 is 12.1 Å². The van der Waals surface area contributed by atoms with Crippen LogP contribution in [0.5, 0.6) is 5.75 Å². The van der Waals surface area contributed by atoms with E-state index >= 15 is 0 Å². The summed E-state index contributed by atoms with van der Waals surface area (Å²) < 4.78 is 104. The lowest BCUT2D eigenvalue weighted by Gasteiger charge is -2.25. The molecule has 0 spiro atoms. The van der Waals surface area contributed by atoms with Crippen LogP contribution in [0, 0.1) is 36.0 Å². The molecule has 1 aliphatic heterocycles. The van der Waals surface area contributed by atoms with Gasteiger partial charge < -0.3 is 14.5 Å². The second-order valence-electron chi connectivity index (χ2n) is 9.57. The predicted octanol–water partition coefficient (Wildman–Crippen LogP) is 6.22. The summed E-state index contributed by atoms with van der Waals surface area (Å²) in [5.74, 6) is -14.4. The number of aromatic amines is 1. The van der Waals surface area contributed by atoms with Gasteiger partial charge in [-0.25, -0.2) is 22.8 Å². The fourth-order valence-corrected chi connectivity index (χ4v) is 3.79. The molecule has 2 N–H and O–H groups in total. The average molecular weight is 609 g/mol. The molecule has 2 aromatic carbocycles. The fraction of sp³-hybridized carbons (Fsp3) is 0.385. The maximum absolute atomic E-state index is 13.9. The number of rotatable bonds is 2. The van der Waals surface area contributed by atoms with Gasteiger partial charge in [-0.05, 0) is 57.4 Å². The Labute approximate surface area is 233 Å². The minimum atomic E-state index is -3.67. The zero-order valence-corrected chi connectivity index (χ0v) is 24.0.